The average Bonchev–Trinajstić information content (AvgIpc) is 1.61. The van der Waals surface area contributed by atoms with Crippen LogP contribution in [0, 0.1) is 5.92 Å². The number of hydrogen-bond acceptors (Lipinski definition) is 1. The van der Waals surface area contributed by atoms with E-state index in [1.807, 2.05) is 0 Å². The molecule has 0 radical (unpaired) electrons. The van der Waals surface area contributed by atoms with Crippen LogP contribution in [-0.2, 0) is 0 Å². The molecule has 1 N–H and O–H groups in total. The molecule has 0 atom stereocenters. The van der Waals surface area contributed by atoms with E-state index in [1.165, 1.54) is 0 Å². The first kappa shape index (κ1) is 11.7. The van der Waals surface area contributed by atoms with Gasteiger partial charge in [0.15, 0.2) is 0 Å². The zero-order valence-electron chi connectivity index (χ0n) is 5.15. The maximum atomic E-state index is 8.32. The summed E-state index contributed by atoms with van der Waals surface area (Å²) in [5.74, 6) is 0.743. The molecule has 8 heavy (non-hydrogen) atoms. The first-order chi connectivity index (χ1) is 3.27. The van der Waals surface area contributed by atoms with Gasteiger partial charge >= 0.3 is 29.6 Å². The predicted octanol–water partition coefficient (Wildman–Crippen LogP) is 0.766. The predicted molar refractivity (Wildman–Crippen MR) is 38.3 cm³/mol. The van der Waals surface area contributed by atoms with E-state index in [0.29, 0.717) is 6.61 Å². The van der Waals surface area contributed by atoms with Crippen LogP contribution in [0.25, 0.3) is 0 Å². The minimum absolute atomic E-state index is 0. The van der Waals surface area contributed by atoms with Crippen LogP contribution < -0.4 is 0 Å². The third-order valence-electron chi connectivity index (χ3n) is 0.940. The van der Waals surface area contributed by atoms with Gasteiger partial charge in [0, 0.05) is 6.61 Å². The molecular weight excluding hydrogens is 111 g/mol. The second-order valence-electron chi connectivity index (χ2n) is 2.26. The minimum atomic E-state index is 0. The van der Waals surface area contributed by atoms with Gasteiger partial charge in [0.2, 0.25) is 0 Å². The molecule has 0 aliphatic heterocycles. The summed E-state index contributed by atoms with van der Waals surface area (Å²) < 4.78 is 0. The molecule has 0 bridgehead atoms. The van der Waals surface area contributed by atoms with Gasteiger partial charge in [0.05, 0.1) is 0 Å². The second-order valence-corrected chi connectivity index (χ2v) is 2.26. The molecule has 0 aromatic heterocycles. The quantitative estimate of drug-likeness (QED) is 0.554. The molecule has 0 aromatic carbocycles. The molecule has 0 fully saturated rings. The van der Waals surface area contributed by atoms with Crippen LogP contribution in [0.2, 0.25) is 0 Å². The number of aliphatic hydroxyl groups excluding tert-OH is 1. The number of aliphatic hydroxyl groups is 1. The van der Waals surface area contributed by atoms with Crippen LogP contribution in [0.3, 0.4) is 0 Å². The fourth-order valence-corrected chi connectivity index (χ4v) is 0.500. The van der Waals surface area contributed by atoms with E-state index in [0.717, 1.165) is 18.8 Å². The van der Waals surface area contributed by atoms with Crippen molar-refractivity contribution in [1.29, 1.82) is 0 Å². The Morgan fingerprint density at radius 2 is 1.88 bits per heavy atom. The van der Waals surface area contributed by atoms with Crippen molar-refractivity contribution in [3.8, 4) is 0 Å². The Morgan fingerprint density at radius 1 is 1.38 bits per heavy atom. The standard InChI is InChI=1S/C6H14O.Na.H/c1-6(2)4-3-5-7;;/h6-7H,3-5H2,1-2H3;;. The molecular formula is C6H15NaO. The number of rotatable bonds is 3. The molecule has 0 aromatic rings. The van der Waals surface area contributed by atoms with Crippen molar-refractivity contribution >= 4 is 29.6 Å². The first-order valence-electron chi connectivity index (χ1n) is 2.88. The van der Waals surface area contributed by atoms with Crippen molar-refractivity contribution in [3.63, 3.8) is 0 Å². The summed E-state index contributed by atoms with van der Waals surface area (Å²) in [6.07, 6.45) is 2.11. The van der Waals surface area contributed by atoms with Crippen molar-refractivity contribution in [2.24, 2.45) is 5.92 Å². The van der Waals surface area contributed by atoms with Gasteiger partial charge in [-0.3, -0.25) is 0 Å². The molecule has 0 heterocycles. The molecule has 2 heteroatoms. The van der Waals surface area contributed by atoms with Crippen molar-refractivity contribution in [3.05, 3.63) is 0 Å². The molecule has 0 aliphatic rings. The van der Waals surface area contributed by atoms with E-state index in [2.05, 4.69) is 13.8 Å². The Morgan fingerprint density at radius 3 is 2.00 bits per heavy atom. The van der Waals surface area contributed by atoms with Crippen molar-refractivity contribution in [1.82, 2.24) is 0 Å². The fourth-order valence-electron chi connectivity index (χ4n) is 0.500. The average molecular weight is 126 g/mol. The molecule has 1 nitrogen and oxygen atoms in total. The molecule has 0 rings (SSSR count). The fraction of sp³-hybridized carbons (Fsp3) is 1.00. The van der Waals surface area contributed by atoms with E-state index in [1.54, 1.807) is 0 Å². The van der Waals surface area contributed by atoms with Crippen LogP contribution in [-0.4, -0.2) is 41.3 Å². The van der Waals surface area contributed by atoms with Gasteiger partial charge in [-0.05, 0) is 18.8 Å². The Bertz CT molecular complexity index is 37.5. The van der Waals surface area contributed by atoms with Gasteiger partial charge in [-0.15, -0.1) is 0 Å². The Balaban J connectivity index is 0. The first-order valence-corrected chi connectivity index (χ1v) is 2.88. The third-order valence-corrected chi connectivity index (χ3v) is 0.940. The molecule has 0 unspecified atom stereocenters. The summed E-state index contributed by atoms with van der Waals surface area (Å²) in [5, 5.41) is 8.32. The van der Waals surface area contributed by atoms with E-state index in [4.69, 9.17) is 5.11 Å². The van der Waals surface area contributed by atoms with Crippen LogP contribution >= 0.6 is 0 Å². The Kier molecular flexibility index (Phi) is 11.7. The summed E-state index contributed by atoms with van der Waals surface area (Å²) in [6, 6.07) is 0. The Labute approximate surface area is 73.8 Å². The van der Waals surface area contributed by atoms with Gasteiger partial charge in [0.1, 0.15) is 0 Å². The van der Waals surface area contributed by atoms with Gasteiger partial charge in [-0.1, -0.05) is 13.8 Å². The van der Waals surface area contributed by atoms with Crippen LogP contribution in [0.5, 0.6) is 0 Å². The molecule has 0 amide bonds. The summed E-state index contributed by atoms with van der Waals surface area (Å²) >= 11 is 0. The van der Waals surface area contributed by atoms with E-state index in [-0.39, 0.29) is 29.6 Å². The van der Waals surface area contributed by atoms with Gasteiger partial charge < -0.3 is 5.11 Å². The second kappa shape index (κ2) is 7.96. The molecule has 0 spiro atoms. The normalized spacial score (nSPS) is 9.00. The maximum absolute atomic E-state index is 8.32. The van der Waals surface area contributed by atoms with Gasteiger partial charge in [0.25, 0.3) is 0 Å². The van der Waals surface area contributed by atoms with Crippen molar-refractivity contribution in [2.45, 2.75) is 26.7 Å². The zero-order valence-corrected chi connectivity index (χ0v) is 5.15. The van der Waals surface area contributed by atoms with E-state index < -0.39 is 0 Å². The summed E-state index contributed by atoms with van der Waals surface area (Å²) in [4.78, 5) is 0. The van der Waals surface area contributed by atoms with E-state index in [9.17, 15) is 0 Å². The van der Waals surface area contributed by atoms with Crippen LogP contribution in [0.4, 0.5) is 0 Å². The Hall–Kier alpha value is 0.960. The zero-order chi connectivity index (χ0) is 5.70. The topological polar surface area (TPSA) is 20.2 Å². The summed E-state index contributed by atoms with van der Waals surface area (Å²) in [7, 11) is 0. The monoisotopic (exact) mass is 126 g/mol. The van der Waals surface area contributed by atoms with Gasteiger partial charge in [-0.2, -0.15) is 0 Å². The van der Waals surface area contributed by atoms with Crippen molar-refractivity contribution < 1.29 is 5.11 Å². The number of hydrogen-bond donors (Lipinski definition) is 1. The molecule has 0 saturated heterocycles. The summed E-state index contributed by atoms with van der Waals surface area (Å²) in [5.41, 5.74) is 0. The molecule has 46 valence electrons. The summed E-state index contributed by atoms with van der Waals surface area (Å²) in [6.45, 7) is 4.67. The van der Waals surface area contributed by atoms with E-state index >= 15 is 0 Å². The van der Waals surface area contributed by atoms with Gasteiger partial charge in [-0.25, -0.2) is 0 Å². The van der Waals surface area contributed by atoms with Crippen LogP contribution in [0.15, 0.2) is 0 Å². The molecule has 0 saturated carbocycles. The molecule has 0 aliphatic carbocycles. The van der Waals surface area contributed by atoms with Crippen LogP contribution in [0.1, 0.15) is 26.7 Å². The SMILES string of the molecule is CC(C)CCCO.[NaH]. The van der Waals surface area contributed by atoms with Crippen molar-refractivity contribution in [2.75, 3.05) is 6.61 Å². The third kappa shape index (κ3) is 10.0.